The van der Waals surface area contributed by atoms with Crippen LogP contribution in [0.4, 0.5) is 0 Å². The van der Waals surface area contributed by atoms with E-state index in [0.717, 1.165) is 0 Å². The van der Waals surface area contributed by atoms with Gasteiger partial charge in [-0.3, -0.25) is 0 Å². The van der Waals surface area contributed by atoms with Crippen molar-refractivity contribution in [2.45, 2.75) is 19.4 Å². The van der Waals surface area contributed by atoms with Gasteiger partial charge in [-0.2, -0.15) is 0 Å². The fourth-order valence-electron chi connectivity index (χ4n) is 2.64. The number of fused-ring (bicyclic) bond motifs is 1. The van der Waals surface area contributed by atoms with Crippen LogP contribution < -0.4 is 0 Å². The average Bonchev–Trinajstić information content (AvgIpc) is 2.67. The number of rotatable bonds is 1. The first-order valence-corrected chi connectivity index (χ1v) is 6.29. The molecule has 20 heavy (non-hydrogen) atoms. The minimum Gasteiger partial charge on any atom is -0.508 e. The Bertz CT molecular complexity index is 720. The highest BCUT2D eigenvalue weighted by Gasteiger charge is 2.44. The Morgan fingerprint density at radius 3 is 2.50 bits per heavy atom. The monoisotopic (exact) mass is 270 g/mol. The topological polar surface area (TPSA) is 66.8 Å². The van der Waals surface area contributed by atoms with Crippen molar-refractivity contribution in [1.29, 1.82) is 0 Å². The van der Waals surface area contributed by atoms with Crippen molar-refractivity contribution in [1.82, 2.24) is 0 Å². The Kier molecular flexibility index (Phi) is 2.51. The summed E-state index contributed by atoms with van der Waals surface area (Å²) in [5.74, 6) is -0.380. The molecule has 0 aliphatic carbocycles. The lowest BCUT2D eigenvalue weighted by Crippen LogP contribution is -2.23. The number of benzene rings is 2. The standard InChI is InChI=1S/C16H14O4/c1-9-7-14(18)12(8-13(9)17)16(2)11-6-4-3-5-10(11)15(19)20-16/h3-8,17-18H,1-2H3. The van der Waals surface area contributed by atoms with E-state index in [0.29, 0.717) is 22.3 Å². The molecule has 0 aromatic heterocycles. The third kappa shape index (κ3) is 1.58. The molecule has 1 aliphatic rings. The molecule has 0 bridgehead atoms. The third-order valence-electron chi connectivity index (χ3n) is 3.79. The van der Waals surface area contributed by atoms with Gasteiger partial charge in [-0.15, -0.1) is 0 Å². The van der Waals surface area contributed by atoms with Gasteiger partial charge in [0.15, 0.2) is 5.60 Å². The van der Waals surface area contributed by atoms with E-state index < -0.39 is 11.6 Å². The molecule has 4 heteroatoms. The molecule has 0 fully saturated rings. The normalized spacial score (nSPS) is 20.6. The molecule has 0 radical (unpaired) electrons. The quantitative estimate of drug-likeness (QED) is 0.617. The number of ether oxygens (including phenoxy) is 1. The number of cyclic esters (lactones) is 1. The smallest absolute Gasteiger partial charge is 0.339 e. The second kappa shape index (κ2) is 4.00. The third-order valence-corrected chi connectivity index (χ3v) is 3.79. The minimum absolute atomic E-state index is 0.00713. The number of aromatic hydroxyl groups is 2. The van der Waals surface area contributed by atoms with Gasteiger partial charge < -0.3 is 14.9 Å². The van der Waals surface area contributed by atoms with E-state index in [1.807, 2.05) is 6.07 Å². The first kappa shape index (κ1) is 12.5. The summed E-state index contributed by atoms with van der Waals surface area (Å²) in [5, 5.41) is 20.0. The summed E-state index contributed by atoms with van der Waals surface area (Å²) >= 11 is 0. The molecule has 0 saturated heterocycles. The fourth-order valence-corrected chi connectivity index (χ4v) is 2.64. The molecule has 0 saturated carbocycles. The van der Waals surface area contributed by atoms with Crippen molar-refractivity contribution < 1.29 is 19.7 Å². The Morgan fingerprint density at radius 2 is 1.75 bits per heavy atom. The molecule has 1 atom stereocenters. The van der Waals surface area contributed by atoms with Gasteiger partial charge in [0.1, 0.15) is 11.5 Å². The highest BCUT2D eigenvalue weighted by atomic mass is 16.6. The van der Waals surface area contributed by atoms with Crippen LogP contribution in [0.25, 0.3) is 0 Å². The summed E-state index contributed by atoms with van der Waals surface area (Å²) in [7, 11) is 0. The highest BCUT2D eigenvalue weighted by molar-refractivity contribution is 5.95. The fraction of sp³-hybridized carbons (Fsp3) is 0.188. The number of phenolic OH excluding ortho intramolecular Hbond substituents is 2. The molecule has 2 aromatic carbocycles. The van der Waals surface area contributed by atoms with Crippen LogP contribution in [0, 0.1) is 6.92 Å². The van der Waals surface area contributed by atoms with Crippen LogP contribution in [0.2, 0.25) is 0 Å². The predicted octanol–water partition coefficient (Wildman–Crippen LogP) is 2.84. The Hall–Kier alpha value is -2.49. The molecule has 4 nitrogen and oxygen atoms in total. The van der Waals surface area contributed by atoms with Crippen LogP contribution >= 0.6 is 0 Å². The van der Waals surface area contributed by atoms with E-state index in [1.54, 1.807) is 32.0 Å². The Balaban J connectivity index is 2.25. The molecular formula is C16H14O4. The maximum Gasteiger partial charge on any atom is 0.339 e. The maximum atomic E-state index is 12.0. The van der Waals surface area contributed by atoms with E-state index in [2.05, 4.69) is 0 Å². The largest absolute Gasteiger partial charge is 0.508 e. The van der Waals surface area contributed by atoms with Crippen LogP contribution in [0.1, 0.15) is 34.0 Å². The number of carbonyl (C=O) groups excluding carboxylic acids is 1. The van der Waals surface area contributed by atoms with Gasteiger partial charge in [-0.1, -0.05) is 18.2 Å². The van der Waals surface area contributed by atoms with Crippen molar-refractivity contribution in [3.05, 3.63) is 58.7 Å². The lowest BCUT2D eigenvalue weighted by Gasteiger charge is -2.26. The summed E-state index contributed by atoms with van der Waals surface area (Å²) < 4.78 is 5.47. The van der Waals surface area contributed by atoms with Crippen molar-refractivity contribution >= 4 is 5.97 Å². The molecule has 1 unspecified atom stereocenters. The molecule has 0 amide bonds. The lowest BCUT2D eigenvalue weighted by molar-refractivity contribution is 0.0172. The Labute approximate surface area is 116 Å². The molecule has 102 valence electrons. The minimum atomic E-state index is -1.09. The maximum absolute atomic E-state index is 12.0. The van der Waals surface area contributed by atoms with E-state index >= 15 is 0 Å². The summed E-state index contributed by atoms with van der Waals surface area (Å²) in [5.41, 5.74) is 1.01. The van der Waals surface area contributed by atoms with E-state index in [-0.39, 0.29) is 11.5 Å². The zero-order chi connectivity index (χ0) is 14.5. The predicted molar refractivity (Wildman–Crippen MR) is 72.8 cm³/mol. The zero-order valence-corrected chi connectivity index (χ0v) is 11.2. The number of hydrogen-bond donors (Lipinski definition) is 2. The van der Waals surface area contributed by atoms with Crippen molar-refractivity contribution in [2.75, 3.05) is 0 Å². The summed E-state index contributed by atoms with van der Waals surface area (Å²) in [4.78, 5) is 12.0. The van der Waals surface area contributed by atoms with Crippen LogP contribution in [0.3, 0.4) is 0 Å². The molecule has 0 spiro atoms. The molecule has 2 N–H and O–H groups in total. The highest BCUT2D eigenvalue weighted by Crippen LogP contribution is 2.46. The van der Waals surface area contributed by atoms with Crippen molar-refractivity contribution in [3.8, 4) is 11.5 Å². The number of esters is 1. The van der Waals surface area contributed by atoms with Gasteiger partial charge in [0.25, 0.3) is 0 Å². The molecule has 1 aliphatic heterocycles. The molecule has 1 heterocycles. The van der Waals surface area contributed by atoms with E-state index in [4.69, 9.17) is 4.74 Å². The van der Waals surface area contributed by atoms with E-state index in [1.165, 1.54) is 12.1 Å². The van der Waals surface area contributed by atoms with Crippen LogP contribution in [0.15, 0.2) is 36.4 Å². The molecular weight excluding hydrogens is 256 g/mol. The van der Waals surface area contributed by atoms with Gasteiger partial charge in [-0.05, 0) is 37.6 Å². The molecule has 3 rings (SSSR count). The number of aryl methyl sites for hydroxylation is 1. The first-order valence-electron chi connectivity index (χ1n) is 6.29. The first-order chi connectivity index (χ1) is 9.43. The zero-order valence-electron chi connectivity index (χ0n) is 11.2. The van der Waals surface area contributed by atoms with Crippen molar-refractivity contribution in [3.63, 3.8) is 0 Å². The van der Waals surface area contributed by atoms with Crippen LogP contribution in [-0.2, 0) is 10.3 Å². The van der Waals surface area contributed by atoms with Crippen molar-refractivity contribution in [2.24, 2.45) is 0 Å². The van der Waals surface area contributed by atoms with Gasteiger partial charge >= 0.3 is 5.97 Å². The van der Waals surface area contributed by atoms with Gasteiger partial charge in [0, 0.05) is 11.1 Å². The number of hydrogen-bond acceptors (Lipinski definition) is 4. The van der Waals surface area contributed by atoms with Gasteiger partial charge in [0.2, 0.25) is 0 Å². The number of carbonyl (C=O) groups is 1. The van der Waals surface area contributed by atoms with Crippen LogP contribution in [0.5, 0.6) is 11.5 Å². The second-order valence-corrected chi connectivity index (χ2v) is 5.12. The van der Waals surface area contributed by atoms with E-state index in [9.17, 15) is 15.0 Å². The number of phenols is 2. The summed E-state index contributed by atoms with van der Waals surface area (Å²) in [6.45, 7) is 3.40. The summed E-state index contributed by atoms with van der Waals surface area (Å²) in [6, 6.07) is 9.96. The second-order valence-electron chi connectivity index (χ2n) is 5.12. The Morgan fingerprint density at radius 1 is 1.05 bits per heavy atom. The van der Waals surface area contributed by atoms with Gasteiger partial charge in [0.05, 0.1) is 5.56 Å². The van der Waals surface area contributed by atoms with Crippen LogP contribution in [-0.4, -0.2) is 16.2 Å². The molecule has 2 aromatic rings. The average molecular weight is 270 g/mol. The van der Waals surface area contributed by atoms with Gasteiger partial charge in [-0.25, -0.2) is 4.79 Å². The summed E-state index contributed by atoms with van der Waals surface area (Å²) in [6.07, 6.45) is 0. The lowest BCUT2D eigenvalue weighted by atomic mass is 9.86. The SMILES string of the molecule is Cc1cc(O)c(C2(C)OC(=O)c3ccccc32)cc1O.